The maximum atomic E-state index is 13.3. The number of hydrogen-bond acceptors (Lipinski definition) is 9. The van der Waals surface area contributed by atoms with E-state index in [1.165, 1.54) is 10.9 Å². The van der Waals surface area contributed by atoms with Crippen molar-refractivity contribution < 1.29 is 28.6 Å². The van der Waals surface area contributed by atoms with Crippen LogP contribution >= 0.6 is 11.3 Å². The van der Waals surface area contributed by atoms with Crippen LogP contribution in [0.4, 0.5) is 5.69 Å². The average molecular weight is 562 g/mol. The van der Waals surface area contributed by atoms with E-state index >= 15 is 0 Å². The van der Waals surface area contributed by atoms with Gasteiger partial charge >= 0.3 is 5.97 Å². The van der Waals surface area contributed by atoms with Crippen LogP contribution in [0.5, 0.6) is 11.5 Å². The van der Waals surface area contributed by atoms with Crippen molar-refractivity contribution >= 4 is 44.9 Å². The lowest BCUT2D eigenvalue weighted by molar-refractivity contribution is -0.121. The first-order valence-electron chi connectivity index (χ1n) is 12.8. The average Bonchev–Trinajstić information content (AvgIpc) is 3.31. The van der Waals surface area contributed by atoms with E-state index in [1.807, 2.05) is 25.1 Å². The Kier molecular flexibility index (Phi) is 7.92. The van der Waals surface area contributed by atoms with E-state index in [2.05, 4.69) is 4.98 Å². The molecule has 3 heterocycles. The maximum Gasteiger partial charge on any atom is 0.348 e. The molecule has 10 nitrogen and oxygen atoms in total. The van der Waals surface area contributed by atoms with Crippen molar-refractivity contribution in [2.24, 2.45) is 0 Å². The van der Waals surface area contributed by atoms with Crippen LogP contribution in [0.25, 0.3) is 10.2 Å². The molecule has 2 aromatic carbocycles. The minimum atomic E-state index is -0.568. The smallest absolute Gasteiger partial charge is 0.348 e. The molecule has 0 N–H and O–H groups in total. The molecule has 0 spiro atoms. The quantitative estimate of drug-likeness (QED) is 0.162. The number of para-hydroxylation sites is 1. The zero-order valence-corrected chi connectivity index (χ0v) is 22.9. The third-order valence-corrected chi connectivity index (χ3v) is 7.60. The lowest BCUT2D eigenvalue weighted by atomic mass is 10.1. The third-order valence-electron chi connectivity index (χ3n) is 6.42. The highest BCUT2D eigenvalue weighted by Gasteiger charge is 2.26. The minimum Gasteiger partial charge on any atom is -0.490 e. The summed E-state index contributed by atoms with van der Waals surface area (Å²) in [6, 6.07) is 14.1. The summed E-state index contributed by atoms with van der Waals surface area (Å²) in [5.74, 6) is 0.139. The van der Waals surface area contributed by atoms with Crippen LogP contribution < -0.4 is 19.9 Å². The number of ether oxygens (including phenoxy) is 3. The highest BCUT2D eigenvalue weighted by atomic mass is 32.1. The number of rotatable bonds is 10. The number of aromatic nitrogens is 2. The molecule has 0 aliphatic carbocycles. The highest BCUT2D eigenvalue weighted by Crippen LogP contribution is 2.33. The zero-order valence-electron chi connectivity index (χ0n) is 22.0. The van der Waals surface area contributed by atoms with Crippen molar-refractivity contribution in [1.29, 1.82) is 0 Å². The summed E-state index contributed by atoms with van der Waals surface area (Å²) in [5, 5.41) is 0.270. The lowest BCUT2D eigenvalue weighted by Gasteiger charge is -2.29. The molecule has 0 unspecified atom stereocenters. The van der Waals surface area contributed by atoms with Crippen LogP contribution in [0.3, 0.4) is 0 Å². The van der Waals surface area contributed by atoms with Gasteiger partial charge in [-0.1, -0.05) is 25.1 Å². The number of aryl methyl sites for hydroxylation is 1. The van der Waals surface area contributed by atoms with E-state index in [0.29, 0.717) is 39.7 Å². The summed E-state index contributed by atoms with van der Waals surface area (Å²) in [7, 11) is 0. The number of nitrogens with zero attached hydrogens (tertiary/aromatic N) is 3. The SMILES string of the molecule is CCCN1C(=O)COc2ccc(C(=O)Cn3cnc4sc(C(=O)OCCOc5ccccc5)c(C)c4c3=O)cc21. The van der Waals surface area contributed by atoms with Crippen LogP contribution in [-0.4, -0.2) is 53.6 Å². The molecular weight excluding hydrogens is 534 g/mol. The number of thiophene rings is 1. The number of Topliss-reactive ketones (excluding diaryl/α,β-unsaturated/α-hetero) is 1. The van der Waals surface area contributed by atoms with Crippen molar-refractivity contribution in [2.45, 2.75) is 26.8 Å². The third kappa shape index (κ3) is 5.46. The van der Waals surface area contributed by atoms with Crippen molar-refractivity contribution in [3.8, 4) is 11.5 Å². The predicted octanol–water partition coefficient (Wildman–Crippen LogP) is 4.02. The zero-order chi connectivity index (χ0) is 28.2. The van der Waals surface area contributed by atoms with Crippen molar-refractivity contribution in [3.05, 3.63) is 81.2 Å². The molecule has 0 fully saturated rings. The van der Waals surface area contributed by atoms with Crippen molar-refractivity contribution in [3.63, 3.8) is 0 Å². The van der Waals surface area contributed by atoms with Gasteiger partial charge in [-0.15, -0.1) is 11.3 Å². The number of ketones is 1. The maximum absolute atomic E-state index is 13.3. The molecule has 0 saturated carbocycles. The van der Waals surface area contributed by atoms with E-state index in [9.17, 15) is 19.2 Å². The second-order valence-corrected chi connectivity index (χ2v) is 10.2. The van der Waals surface area contributed by atoms with Gasteiger partial charge in [0.2, 0.25) is 0 Å². The first-order valence-corrected chi connectivity index (χ1v) is 13.6. The molecule has 0 bridgehead atoms. The monoisotopic (exact) mass is 561 g/mol. The fraction of sp³-hybridized carbons (Fsp3) is 0.276. The van der Waals surface area contributed by atoms with Crippen LogP contribution in [0.2, 0.25) is 0 Å². The largest absolute Gasteiger partial charge is 0.490 e. The van der Waals surface area contributed by atoms with Gasteiger partial charge in [0.05, 0.1) is 23.9 Å². The number of benzene rings is 2. The van der Waals surface area contributed by atoms with Gasteiger partial charge in [-0.3, -0.25) is 19.0 Å². The Hall–Kier alpha value is -4.51. The van der Waals surface area contributed by atoms with Gasteiger partial charge in [0.15, 0.2) is 12.4 Å². The topological polar surface area (TPSA) is 117 Å². The summed E-state index contributed by atoms with van der Waals surface area (Å²) in [6.45, 7) is 4.06. The number of amides is 1. The summed E-state index contributed by atoms with van der Waals surface area (Å²) in [6.07, 6.45) is 2.05. The molecule has 40 heavy (non-hydrogen) atoms. The number of carbonyl (C=O) groups excluding carboxylic acids is 3. The van der Waals surface area contributed by atoms with E-state index in [-0.39, 0.29) is 48.3 Å². The van der Waals surface area contributed by atoms with Gasteiger partial charge in [0.1, 0.15) is 34.4 Å². The van der Waals surface area contributed by atoms with Gasteiger partial charge in [0.25, 0.3) is 11.5 Å². The summed E-state index contributed by atoms with van der Waals surface area (Å²) in [5.41, 5.74) is 0.903. The summed E-state index contributed by atoms with van der Waals surface area (Å²) >= 11 is 1.07. The van der Waals surface area contributed by atoms with E-state index in [0.717, 1.165) is 17.8 Å². The van der Waals surface area contributed by atoms with E-state index in [1.54, 1.807) is 42.2 Å². The van der Waals surface area contributed by atoms with Crippen molar-refractivity contribution in [2.75, 3.05) is 31.3 Å². The van der Waals surface area contributed by atoms with Gasteiger partial charge in [-0.05, 0) is 49.2 Å². The van der Waals surface area contributed by atoms with Crippen LogP contribution in [-0.2, 0) is 16.1 Å². The fourth-order valence-electron chi connectivity index (χ4n) is 4.43. The molecule has 0 atom stereocenters. The first-order chi connectivity index (χ1) is 19.4. The Morgan fingerprint density at radius 2 is 1.90 bits per heavy atom. The van der Waals surface area contributed by atoms with Crippen molar-refractivity contribution in [1.82, 2.24) is 9.55 Å². The normalized spacial score (nSPS) is 12.7. The molecule has 1 aliphatic rings. The van der Waals surface area contributed by atoms with Crippen LogP contribution in [0.15, 0.2) is 59.7 Å². The van der Waals surface area contributed by atoms with Crippen LogP contribution in [0, 0.1) is 6.92 Å². The number of carbonyl (C=O) groups is 3. The molecule has 4 aromatic rings. The molecule has 206 valence electrons. The molecule has 1 aliphatic heterocycles. The number of anilines is 1. The van der Waals surface area contributed by atoms with E-state index in [4.69, 9.17) is 14.2 Å². The number of esters is 1. The molecule has 1 amide bonds. The number of hydrogen-bond donors (Lipinski definition) is 0. The first kappa shape index (κ1) is 27.1. The fourth-order valence-corrected chi connectivity index (χ4v) is 5.47. The standard InChI is InChI=1S/C29H27N3O7S/c1-3-11-32-21-14-19(9-10-23(21)39-16-24(32)34)22(33)15-31-17-30-27-25(28(31)35)18(2)26(40-27)29(36)38-13-12-37-20-7-5-4-6-8-20/h4-10,14,17H,3,11-13,15-16H2,1-2H3. The Labute approximate surface area is 233 Å². The molecule has 0 radical (unpaired) electrons. The predicted molar refractivity (Wildman–Crippen MR) is 150 cm³/mol. The van der Waals surface area contributed by atoms with Crippen LogP contribution in [0.1, 0.15) is 38.9 Å². The molecular formula is C29H27N3O7S. The second-order valence-electron chi connectivity index (χ2n) is 9.15. The van der Waals surface area contributed by atoms with Gasteiger partial charge in [0, 0.05) is 12.1 Å². The van der Waals surface area contributed by atoms with E-state index < -0.39 is 11.5 Å². The summed E-state index contributed by atoms with van der Waals surface area (Å²) < 4.78 is 17.6. The molecule has 11 heteroatoms. The Bertz CT molecular complexity index is 1640. The molecule has 5 rings (SSSR count). The molecule has 2 aromatic heterocycles. The van der Waals surface area contributed by atoms with Gasteiger partial charge < -0.3 is 19.1 Å². The minimum absolute atomic E-state index is 0.0423. The second kappa shape index (κ2) is 11.7. The summed E-state index contributed by atoms with van der Waals surface area (Å²) in [4.78, 5) is 58.1. The Balaban J connectivity index is 1.31. The van der Waals surface area contributed by atoms with Gasteiger partial charge in [-0.25, -0.2) is 9.78 Å². The number of fused-ring (bicyclic) bond motifs is 2. The highest BCUT2D eigenvalue weighted by molar-refractivity contribution is 7.20. The van der Waals surface area contributed by atoms with Gasteiger partial charge in [-0.2, -0.15) is 0 Å². The molecule has 0 saturated heterocycles. The Morgan fingerprint density at radius 1 is 1.10 bits per heavy atom. The Morgan fingerprint density at radius 3 is 2.67 bits per heavy atom. The lowest BCUT2D eigenvalue weighted by Crippen LogP contribution is -2.39.